The fourth-order valence-electron chi connectivity index (χ4n) is 3.99. The number of rotatable bonds is 4. The maximum atomic E-state index is 13.8. The molecule has 2 saturated heterocycles. The second-order valence-corrected chi connectivity index (χ2v) is 9.32. The Hall–Kier alpha value is -2.66. The van der Waals surface area contributed by atoms with Crippen LogP contribution in [0.25, 0.3) is 11.4 Å². The van der Waals surface area contributed by atoms with E-state index in [1.807, 2.05) is 37.5 Å². The Balaban J connectivity index is 1.81. The Kier molecular flexibility index (Phi) is 5.89. The number of hydrogen-bond acceptors (Lipinski definition) is 9. The molecule has 0 bridgehead atoms. The molecule has 2 aliphatic rings. The summed E-state index contributed by atoms with van der Waals surface area (Å²) in [5.74, 6) is 0.996. The van der Waals surface area contributed by atoms with Crippen molar-refractivity contribution in [2.75, 3.05) is 54.9 Å². The molecule has 9 nitrogen and oxygen atoms in total. The van der Waals surface area contributed by atoms with E-state index in [0.29, 0.717) is 51.3 Å². The monoisotopic (exact) mass is 449 g/mol. The van der Waals surface area contributed by atoms with Gasteiger partial charge in [0.05, 0.1) is 24.4 Å². The summed E-state index contributed by atoms with van der Waals surface area (Å²) in [6, 6.07) is 1.17. The minimum absolute atomic E-state index is 0.0170. The van der Waals surface area contributed by atoms with Crippen LogP contribution < -0.4 is 15.5 Å². The molecule has 0 aromatic carbocycles. The van der Waals surface area contributed by atoms with Crippen LogP contribution in [0.15, 0.2) is 12.3 Å². The van der Waals surface area contributed by atoms with Crippen molar-refractivity contribution in [3.05, 3.63) is 17.8 Å². The minimum atomic E-state index is -2.75. The molecule has 0 spiro atoms. The largest absolute Gasteiger partial charge is 0.384 e. The SMILES string of the molecule is CC1(C)CN(c2nc(-c3cnc(N)cc3C(F)F)nc(N3CCOC(C)(C)C3)n2)CCO1. The van der Waals surface area contributed by atoms with Crippen LogP contribution in [0.2, 0.25) is 0 Å². The van der Waals surface area contributed by atoms with Gasteiger partial charge in [-0.15, -0.1) is 0 Å². The van der Waals surface area contributed by atoms with Gasteiger partial charge in [0, 0.05) is 43.5 Å². The van der Waals surface area contributed by atoms with Crippen molar-refractivity contribution in [1.82, 2.24) is 19.9 Å². The fourth-order valence-corrected chi connectivity index (χ4v) is 3.99. The van der Waals surface area contributed by atoms with E-state index in [1.165, 1.54) is 12.3 Å². The second-order valence-electron chi connectivity index (χ2n) is 9.32. The number of hydrogen-bond donors (Lipinski definition) is 1. The summed E-state index contributed by atoms with van der Waals surface area (Å²) in [6.07, 6.45) is -1.45. The molecule has 0 saturated carbocycles. The first-order valence-electron chi connectivity index (χ1n) is 10.6. The highest BCUT2D eigenvalue weighted by atomic mass is 19.3. The molecular weight excluding hydrogens is 420 g/mol. The normalized spacial score (nSPS) is 20.6. The molecule has 2 aliphatic heterocycles. The average molecular weight is 450 g/mol. The lowest BCUT2D eigenvalue weighted by atomic mass is 10.1. The summed E-state index contributed by atoms with van der Waals surface area (Å²) < 4.78 is 39.2. The zero-order valence-corrected chi connectivity index (χ0v) is 18.8. The van der Waals surface area contributed by atoms with Gasteiger partial charge in [-0.25, -0.2) is 13.8 Å². The third-order valence-electron chi connectivity index (χ3n) is 5.46. The van der Waals surface area contributed by atoms with Crippen LogP contribution in [-0.4, -0.2) is 70.5 Å². The Labute approximate surface area is 186 Å². The average Bonchev–Trinajstić information content (AvgIpc) is 2.72. The number of alkyl halides is 2. The van der Waals surface area contributed by atoms with Crippen molar-refractivity contribution in [2.45, 2.75) is 45.3 Å². The topological polar surface area (TPSA) is 103 Å². The van der Waals surface area contributed by atoms with E-state index in [-0.39, 0.29) is 34.0 Å². The number of anilines is 3. The summed E-state index contributed by atoms with van der Waals surface area (Å²) in [6.45, 7) is 11.3. The van der Waals surface area contributed by atoms with Gasteiger partial charge >= 0.3 is 0 Å². The van der Waals surface area contributed by atoms with Gasteiger partial charge < -0.3 is 25.0 Å². The van der Waals surface area contributed by atoms with E-state index < -0.39 is 6.43 Å². The molecule has 0 unspecified atom stereocenters. The first-order valence-corrected chi connectivity index (χ1v) is 10.6. The fraction of sp³-hybridized carbons (Fsp3) is 0.619. The molecular formula is C21H29F2N7O2. The van der Waals surface area contributed by atoms with E-state index in [0.717, 1.165) is 0 Å². The summed E-state index contributed by atoms with van der Waals surface area (Å²) in [7, 11) is 0. The summed E-state index contributed by atoms with van der Waals surface area (Å²) in [5.41, 5.74) is 4.76. The molecule has 2 aromatic heterocycles. The highest BCUT2D eigenvalue weighted by Crippen LogP contribution is 2.32. The van der Waals surface area contributed by atoms with Crippen LogP contribution in [0.5, 0.6) is 0 Å². The molecule has 2 fully saturated rings. The van der Waals surface area contributed by atoms with Crippen molar-refractivity contribution in [3.8, 4) is 11.4 Å². The molecule has 2 N–H and O–H groups in total. The Morgan fingerprint density at radius 3 is 1.94 bits per heavy atom. The number of nitrogen functional groups attached to an aromatic ring is 1. The quantitative estimate of drug-likeness (QED) is 0.755. The third kappa shape index (κ3) is 4.88. The lowest BCUT2D eigenvalue weighted by Crippen LogP contribution is -2.50. The van der Waals surface area contributed by atoms with Crippen LogP contribution in [0, 0.1) is 0 Å². The predicted octanol–water partition coefficient (Wildman–Crippen LogP) is 2.68. The van der Waals surface area contributed by atoms with Gasteiger partial charge in [0.15, 0.2) is 5.82 Å². The highest BCUT2D eigenvalue weighted by molar-refractivity contribution is 5.64. The van der Waals surface area contributed by atoms with Crippen LogP contribution in [0.4, 0.5) is 26.5 Å². The standard InChI is InChI=1S/C21H29F2N7O2/c1-20(2)11-29(5-7-31-20)18-26-17(14-10-25-15(24)9-13(14)16(22)23)27-19(28-18)30-6-8-32-21(3,4)12-30/h9-10,16H,5-8,11-12H2,1-4H3,(H2,24,25). The maximum Gasteiger partial charge on any atom is 0.264 e. The van der Waals surface area contributed by atoms with E-state index in [1.54, 1.807) is 0 Å². The van der Waals surface area contributed by atoms with Gasteiger partial charge in [0.25, 0.3) is 6.43 Å². The lowest BCUT2D eigenvalue weighted by molar-refractivity contribution is -0.0285. The number of nitrogens with zero attached hydrogens (tertiary/aromatic N) is 6. The van der Waals surface area contributed by atoms with Gasteiger partial charge in [-0.05, 0) is 33.8 Å². The second kappa shape index (κ2) is 8.36. The van der Waals surface area contributed by atoms with E-state index in [4.69, 9.17) is 20.2 Å². The lowest BCUT2D eigenvalue weighted by Gasteiger charge is -2.40. The zero-order valence-electron chi connectivity index (χ0n) is 18.8. The number of ether oxygens (including phenoxy) is 2. The predicted molar refractivity (Wildman–Crippen MR) is 117 cm³/mol. The van der Waals surface area contributed by atoms with Gasteiger partial charge in [0.2, 0.25) is 11.9 Å². The molecule has 174 valence electrons. The molecule has 0 atom stereocenters. The minimum Gasteiger partial charge on any atom is -0.384 e. The molecule has 11 heteroatoms. The Morgan fingerprint density at radius 2 is 1.47 bits per heavy atom. The van der Waals surface area contributed by atoms with Crippen molar-refractivity contribution >= 4 is 17.7 Å². The molecule has 2 aromatic rings. The number of nitrogens with two attached hydrogens (primary N) is 1. The summed E-state index contributed by atoms with van der Waals surface area (Å²) >= 11 is 0. The van der Waals surface area contributed by atoms with Crippen LogP contribution in [0.3, 0.4) is 0 Å². The van der Waals surface area contributed by atoms with Crippen LogP contribution in [-0.2, 0) is 9.47 Å². The summed E-state index contributed by atoms with van der Waals surface area (Å²) in [4.78, 5) is 21.9. The molecule has 0 aliphatic carbocycles. The van der Waals surface area contributed by atoms with Gasteiger partial charge in [0.1, 0.15) is 5.82 Å². The molecule has 0 amide bonds. The highest BCUT2D eigenvalue weighted by Gasteiger charge is 2.32. The van der Waals surface area contributed by atoms with Crippen molar-refractivity contribution in [1.29, 1.82) is 0 Å². The van der Waals surface area contributed by atoms with Crippen LogP contribution >= 0.6 is 0 Å². The maximum absolute atomic E-state index is 13.8. The first-order chi connectivity index (χ1) is 15.0. The molecule has 32 heavy (non-hydrogen) atoms. The first kappa shape index (κ1) is 22.5. The molecule has 4 heterocycles. The number of aromatic nitrogens is 4. The van der Waals surface area contributed by atoms with E-state index in [9.17, 15) is 8.78 Å². The van der Waals surface area contributed by atoms with E-state index in [2.05, 4.69) is 15.0 Å². The number of pyridine rings is 1. The van der Waals surface area contributed by atoms with Crippen molar-refractivity contribution in [2.24, 2.45) is 0 Å². The van der Waals surface area contributed by atoms with Gasteiger partial charge in [-0.3, -0.25) is 0 Å². The Morgan fingerprint density at radius 1 is 0.938 bits per heavy atom. The van der Waals surface area contributed by atoms with Gasteiger partial charge in [-0.1, -0.05) is 0 Å². The van der Waals surface area contributed by atoms with Crippen LogP contribution in [0.1, 0.15) is 39.7 Å². The van der Waals surface area contributed by atoms with Gasteiger partial charge in [-0.2, -0.15) is 15.0 Å². The number of morpholine rings is 2. The third-order valence-corrected chi connectivity index (χ3v) is 5.46. The van der Waals surface area contributed by atoms with E-state index >= 15 is 0 Å². The molecule has 4 rings (SSSR count). The smallest absolute Gasteiger partial charge is 0.264 e. The zero-order chi connectivity index (χ0) is 23.1. The van der Waals surface area contributed by atoms with Crippen molar-refractivity contribution < 1.29 is 18.3 Å². The Bertz CT molecular complexity index is 940. The van der Waals surface area contributed by atoms with Crippen molar-refractivity contribution in [3.63, 3.8) is 0 Å². The number of halogens is 2. The summed E-state index contributed by atoms with van der Waals surface area (Å²) in [5, 5.41) is 0. The molecule has 0 radical (unpaired) electrons.